The monoisotopic (exact) mass is 316 g/mol. The van der Waals surface area contributed by atoms with Gasteiger partial charge in [0.25, 0.3) is 0 Å². The molecular formula is C22H20S. The van der Waals surface area contributed by atoms with E-state index in [-0.39, 0.29) is 5.41 Å². The largest absolute Gasteiger partial charge is 0.135 e. The van der Waals surface area contributed by atoms with Gasteiger partial charge >= 0.3 is 0 Å². The fourth-order valence-corrected chi connectivity index (χ4v) is 4.18. The molecule has 0 spiro atoms. The molecule has 0 aliphatic heterocycles. The first-order valence-corrected chi connectivity index (χ1v) is 8.86. The van der Waals surface area contributed by atoms with Gasteiger partial charge in [-0.05, 0) is 40.3 Å². The van der Waals surface area contributed by atoms with E-state index in [4.69, 9.17) is 0 Å². The lowest BCUT2D eigenvalue weighted by Crippen LogP contribution is -2.10. The number of rotatable bonds is 1. The summed E-state index contributed by atoms with van der Waals surface area (Å²) in [6, 6.07) is 24.4. The zero-order valence-corrected chi connectivity index (χ0v) is 14.6. The second-order valence-electron chi connectivity index (χ2n) is 7.14. The van der Waals surface area contributed by atoms with Crippen LogP contribution in [-0.4, -0.2) is 0 Å². The molecule has 0 radical (unpaired) electrons. The SMILES string of the molecule is CC(C)(C)c1ccc2sc3cc(-c4ccccc4)ccc3c2c1. The highest BCUT2D eigenvalue weighted by atomic mass is 32.1. The number of benzene rings is 3. The molecule has 114 valence electrons. The number of hydrogen-bond acceptors (Lipinski definition) is 1. The van der Waals surface area contributed by atoms with Crippen LogP contribution in [0.1, 0.15) is 26.3 Å². The predicted octanol–water partition coefficient (Wildman–Crippen LogP) is 7.02. The first-order valence-electron chi connectivity index (χ1n) is 8.04. The molecule has 3 aromatic carbocycles. The van der Waals surface area contributed by atoms with Gasteiger partial charge in [0.15, 0.2) is 0 Å². The quantitative estimate of drug-likeness (QED) is 0.354. The maximum Gasteiger partial charge on any atom is 0.0361 e. The summed E-state index contributed by atoms with van der Waals surface area (Å²) in [7, 11) is 0. The molecule has 1 heterocycles. The van der Waals surface area contributed by atoms with Gasteiger partial charge in [0.1, 0.15) is 0 Å². The van der Waals surface area contributed by atoms with E-state index in [1.54, 1.807) is 0 Å². The fourth-order valence-electron chi connectivity index (χ4n) is 3.05. The molecule has 4 rings (SSSR count). The minimum absolute atomic E-state index is 0.187. The Kier molecular flexibility index (Phi) is 3.28. The molecular weight excluding hydrogens is 296 g/mol. The lowest BCUT2D eigenvalue weighted by Gasteiger charge is -2.18. The molecule has 0 unspecified atom stereocenters. The number of fused-ring (bicyclic) bond motifs is 3. The van der Waals surface area contributed by atoms with Crippen LogP contribution in [0.25, 0.3) is 31.3 Å². The zero-order chi connectivity index (χ0) is 16.0. The second-order valence-corrected chi connectivity index (χ2v) is 8.22. The molecule has 23 heavy (non-hydrogen) atoms. The van der Waals surface area contributed by atoms with Crippen molar-refractivity contribution in [2.45, 2.75) is 26.2 Å². The van der Waals surface area contributed by atoms with E-state index in [2.05, 4.69) is 87.5 Å². The van der Waals surface area contributed by atoms with Gasteiger partial charge in [-0.25, -0.2) is 0 Å². The molecule has 0 N–H and O–H groups in total. The maximum absolute atomic E-state index is 2.37. The average Bonchev–Trinajstić information content (AvgIpc) is 2.91. The van der Waals surface area contributed by atoms with Gasteiger partial charge in [-0.15, -0.1) is 11.3 Å². The normalized spacial score (nSPS) is 12.1. The molecule has 1 heteroatoms. The van der Waals surface area contributed by atoms with Crippen LogP contribution in [0, 0.1) is 0 Å². The van der Waals surface area contributed by atoms with Crippen molar-refractivity contribution in [2.75, 3.05) is 0 Å². The van der Waals surface area contributed by atoms with Gasteiger partial charge < -0.3 is 0 Å². The van der Waals surface area contributed by atoms with E-state index in [0.29, 0.717) is 0 Å². The Morgan fingerprint density at radius 3 is 2.17 bits per heavy atom. The van der Waals surface area contributed by atoms with Gasteiger partial charge in [0.05, 0.1) is 0 Å². The average molecular weight is 316 g/mol. The number of thiophene rings is 1. The highest BCUT2D eigenvalue weighted by Gasteiger charge is 2.15. The maximum atomic E-state index is 2.37. The van der Waals surface area contributed by atoms with E-state index in [0.717, 1.165) is 0 Å². The predicted molar refractivity (Wildman–Crippen MR) is 103 cm³/mol. The fraction of sp³-hybridized carbons (Fsp3) is 0.182. The van der Waals surface area contributed by atoms with Crippen molar-refractivity contribution in [3.63, 3.8) is 0 Å². The van der Waals surface area contributed by atoms with Crippen LogP contribution in [0.4, 0.5) is 0 Å². The Labute approximate surface area is 141 Å². The topological polar surface area (TPSA) is 0 Å². The van der Waals surface area contributed by atoms with Crippen LogP contribution in [-0.2, 0) is 5.41 Å². The summed E-state index contributed by atoms with van der Waals surface area (Å²) >= 11 is 1.89. The van der Waals surface area contributed by atoms with Gasteiger partial charge in [-0.1, -0.05) is 69.3 Å². The molecule has 0 aliphatic carbocycles. The lowest BCUT2D eigenvalue weighted by molar-refractivity contribution is 0.591. The molecule has 4 aromatic rings. The zero-order valence-electron chi connectivity index (χ0n) is 13.8. The van der Waals surface area contributed by atoms with Crippen molar-refractivity contribution in [3.05, 3.63) is 72.3 Å². The van der Waals surface area contributed by atoms with E-state index in [1.165, 1.54) is 36.9 Å². The molecule has 1 aromatic heterocycles. The Hall–Kier alpha value is -2.12. The molecule has 0 nitrogen and oxygen atoms in total. The van der Waals surface area contributed by atoms with Crippen LogP contribution < -0.4 is 0 Å². The van der Waals surface area contributed by atoms with Crippen molar-refractivity contribution >= 4 is 31.5 Å². The standard InChI is InChI=1S/C22H20S/c1-22(2,3)17-10-12-20-19(14-17)18-11-9-16(13-21(18)23-20)15-7-5-4-6-8-15/h4-14H,1-3H3. The van der Waals surface area contributed by atoms with Crippen molar-refractivity contribution in [1.82, 2.24) is 0 Å². The minimum Gasteiger partial charge on any atom is -0.135 e. The minimum atomic E-state index is 0.187. The highest BCUT2D eigenvalue weighted by molar-refractivity contribution is 7.25. The lowest BCUT2D eigenvalue weighted by atomic mass is 9.86. The first kappa shape index (κ1) is 14.5. The van der Waals surface area contributed by atoms with Gasteiger partial charge in [-0.3, -0.25) is 0 Å². The summed E-state index contributed by atoms with van der Waals surface area (Å²) in [5.74, 6) is 0. The molecule has 0 bridgehead atoms. The smallest absolute Gasteiger partial charge is 0.0361 e. The van der Waals surface area contributed by atoms with Gasteiger partial charge in [0.2, 0.25) is 0 Å². The van der Waals surface area contributed by atoms with Gasteiger partial charge in [0, 0.05) is 20.2 Å². The molecule has 0 fully saturated rings. The van der Waals surface area contributed by atoms with E-state index in [1.807, 2.05) is 11.3 Å². The molecule has 0 atom stereocenters. The summed E-state index contributed by atoms with van der Waals surface area (Å²) in [4.78, 5) is 0. The van der Waals surface area contributed by atoms with Gasteiger partial charge in [-0.2, -0.15) is 0 Å². The summed E-state index contributed by atoms with van der Waals surface area (Å²) in [5.41, 5.74) is 4.16. The van der Waals surface area contributed by atoms with E-state index < -0.39 is 0 Å². The highest BCUT2D eigenvalue weighted by Crippen LogP contribution is 2.38. The summed E-state index contributed by atoms with van der Waals surface area (Å²) < 4.78 is 2.74. The third-order valence-electron chi connectivity index (χ3n) is 4.44. The summed E-state index contributed by atoms with van der Waals surface area (Å²) in [6.07, 6.45) is 0. The van der Waals surface area contributed by atoms with E-state index >= 15 is 0 Å². The first-order chi connectivity index (χ1) is 11.0. The van der Waals surface area contributed by atoms with Crippen molar-refractivity contribution in [3.8, 4) is 11.1 Å². The van der Waals surface area contributed by atoms with Crippen LogP contribution >= 0.6 is 11.3 Å². The van der Waals surface area contributed by atoms with Crippen LogP contribution in [0.2, 0.25) is 0 Å². The second kappa shape index (κ2) is 5.21. The van der Waals surface area contributed by atoms with E-state index in [9.17, 15) is 0 Å². The number of hydrogen-bond donors (Lipinski definition) is 0. The molecule has 0 saturated heterocycles. The Bertz CT molecular complexity index is 985. The van der Waals surface area contributed by atoms with Crippen molar-refractivity contribution in [2.24, 2.45) is 0 Å². The molecule has 0 aliphatic rings. The molecule has 0 amide bonds. The third kappa shape index (κ3) is 2.55. The van der Waals surface area contributed by atoms with Crippen LogP contribution in [0.3, 0.4) is 0 Å². The molecule has 0 saturated carbocycles. The summed E-state index contributed by atoms with van der Waals surface area (Å²) in [5, 5.41) is 2.76. The Morgan fingerprint density at radius 2 is 1.43 bits per heavy atom. The summed E-state index contributed by atoms with van der Waals surface area (Å²) in [6.45, 7) is 6.82. The Balaban J connectivity index is 1.92. The third-order valence-corrected chi connectivity index (χ3v) is 5.58. The van der Waals surface area contributed by atoms with Crippen molar-refractivity contribution in [1.29, 1.82) is 0 Å². The van der Waals surface area contributed by atoms with Crippen LogP contribution in [0.15, 0.2) is 66.7 Å². The van der Waals surface area contributed by atoms with Crippen molar-refractivity contribution < 1.29 is 0 Å². The Morgan fingerprint density at radius 1 is 0.652 bits per heavy atom. The van der Waals surface area contributed by atoms with Crippen LogP contribution in [0.5, 0.6) is 0 Å².